The van der Waals surface area contributed by atoms with Crippen LogP contribution in [-0.2, 0) is 27.3 Å². The second-order valence-corrected chi connectivity index (χ2v) is 12.7. The molecule has 6 heteroatoms. The standard InChI is InChI=1S/C35H39NO4S/c1-35(2,3)39-34(37)40-36-21-19-32(29-17-13-26(14-18-29)20-22-41-31-11-5-4-6-12-31)33(24-36)38-25-27-15-16-28-9-7-8-10-30(28)23-27/h4-18,23,32-33H,19-22,24-25H2,1-3H3. The molecule has 0 aromatic heterocycles. The van der Waals surface area contributed by atoms with Crippen molar-refractivity contribution in [2.24, 2.45) is 0 Å². The molecule has 1 aliphatic rings. The highest BCUT2D eigenvalue weighted by molar-refractivity contribution is 7.99. The van der Waals surface area contributed by atoms with Gasteiger partial charge >= 0.3 is 6.16 Å². The Morgan fingerprint density at radius 2 is 1.59 bits per heavy atom. The second-order valence-electron chi connectivity index (χ2n) is 11.5. The van der Waals surface area contributed by atoms with E-state index in [1.165, 1.54) is 26.8 Å². The molecule has 1 saturated heterocycles. The molecule has 0 aliphatic carbocycles. The molecular formula is C35H39NO4S. The first-order valence-electron chi connectivity index (χ1n) is 14.3. The van der Waals surface area contributed by atoms with Gasteiger partial charge < -0.3 is 14.3 Å². The minimum Gasteiger partial charge on any atom is -0.427 e. The van der Waals surface area contributed by atoms with Crippen molar-refractivity contribution in [1.29, 1.82) is 0 Å². The average molecular weight is 570 g/mol. The summed E-state index contributed by atoms with van der Waals surface area (Å²) in [5.41, 5.74) is 3.10. The summed E-state index contributed by atoms with van der Waals surface area (Å²) in [6, 6.07) is 34.3. The van der Waals surface area contributed by atoms with Gasteiger partial charge in [-0.3, -0.25) is 0 Å². The lowest BCUT2D eigenvalue weighted by atomic mass is 9.87. The molecule has 0 spiro atoms. The lowest BCUT2D eigenvalue weighted by molar-refractivity contribution is -0.179. The van der Waals surface area contributed by atoms with Crippen LogP contribution in [0.15, 0.2) is 102 Å². The van der Waals surface area contributed by atoms with Crippen LogP contribution in [0.5, 0.6) is 0 Å². The van der Waals surface area contributed by atoms with Crippen LogP contribution >= 0.6 is 11.8 Å². The molecule has 0 N–H and O–H groups in total. The first kappa shape index (κ1) is 29.2. The smallest absolute Gasteiger partial charge is 0.427 e. The molecule has 4 aromatic carbocycles. The van der Waals surface area contributed by atoms with Crippen molar-refractivity contribution in [3.05, 3.63) is 114 Å². The molecule has 1 fully saturated rings. The summed E-state index contributed by atoms with van der Waals surface area (Å²) in [6.45, 7) is 7.09. The molecule has 0 amide bonds. The molecule has 1 heterocycles. The van der Waals surface area contributed by atoms with E-state index in [2.05, 4.69) is 97.1 Å². The van der Waals surface area contributed by atoms with E-state index in [0.717, 1.165) is 24.2 Å². The Kier molecular flexibility index (Phi) is 9.65. The predicted octanol–water partition coefficient (Wildman–Crippen LogP) is 8.42. The fourth-order valence-electron chi connectivity index (χ4n) is 5.16. The van der Waals surface area contributed by atoms with E-state index >= 15 is 0 Å². The van der Waals surface area contributed by atoms with Crippen LogP contribution < -0.4 is 0 Å². The summed E-state index contributed by atoms with van der Waals surface area (Å²) in [5, 5.41) is 4.10. The van der Waals surface area contributed by atoms with Gasteiger partial charge in [0.05, 0.1) is 19.3 Å². The van der Waals surface area contributed by atoms with E-state index in [0.29, 0.717) is 19.7 Å². The van der Waals surface area contributed by atoms with E-state index in [9.17, 15) is 4.79 Å². The highest BCUT2D eigenvalue weighted by Gasteiger charge is 2.34. The molecule has 0 radical (unpaired) electrons. The topological polar surface area (TPSA) is 48.0 Å². The van der Waals surface area contributed by atoms with E-state index in [4.69, 9.17) is 14.3 Å². The second kappa shape index (κ2) is 13.6. The maximum Gasteiger partial charge on any atom is 0.528 e. The maximum absolute atomic E-state index is 12.4. The fourth-order valence-corrected chi connectivity index (χ4v) is 6.09. The summed E-state index contributed by atoms with van der Waals surface area (Å²) < 4.78 is 12.0. The van der Waals surface area contributed by atoms with Crippen molar-refractivity contribution in [3.8, 4) is 0 Å². The number of fused-ring (bicyclic) bond motifs is 1. The van der Waals surface area contributed by atoms with Crippen LogP contribution in [0.25, 0.3) is 10.8 Å². The number of nitrogens with zero attached hydrogens (tertiary/aromatic N) is 1. The van der Waals surface area contributed by atoms with Crippen molar-refractivity contribution in [2.75, 3.05) is 18.8 Å². The summed E-state index contributed by atoms with van der Waals surface area (Å²) in [6.07, 6.45) is 1.01. The maximum atomic E-state index is 12.4. The number of hydrogen-bond acceptors (Lipinski definition) is 6. The zero-order valence-corrected chi connectivity index (χ0v) is 24.9. The van der Waals surface area contributed by atoms with Crippen LogP contribution in [0.2, 0.25) is 0 Å². The number of hydroxylamine groups is 2. The monoisotopic (exact) mass is 569 g/mol. The molecule has 4 aromatic rings. The number of thioether (sulfide) groups is 1. The van der Waals surface area contributed by atoms with Gasteiger partial charge in [0.1, 0.15) is 5.60 Å². The Bertz CT molecular complexity index is 1420. The van der Waals surface area contributed by atoms with Crippen molar-refractivity contribution in [3.63, 3.8) is 0 Å². The highest BCUT2D eigenvalue weighted by Crippen LogP contribution is 2.32. The Labute approximate surface area is 247 Å². The predicted molar refractivity (Wildman–Crippen MR) is 166 cm³/mol. The van der Waals surface area contributed by atoms with Crippen molar-refractivity contribution in [1.82, 2.24) is 5.06 Å². The first-order chi connectivity index (χ1) is 19.8. The van der Waals surface area contributed by atoms with E-state index < -0.39 is 11.8 Å². The molecular weight excluding hydrogens is 530 g/mol. The Balaban J connectivity index is 1.25. The third-order valence-electron chi connectivity index (χ3n) is 7.20. The van der Waals surface area contributed by atoms with Gasteiger partial charge in [0, 0.05) is 23.1 Å². The summed E-state index contributed by atoms with van der Waals surface area (Å²) in [7, 11) is 0. The SMILES string of the molecule is CC(C)(C)OC(=O)ON1CCC(c2ccc(CCSc3ccccc3)cc2)C(OCc2ccc3ccccc3c2)C1. The van der Waals surface area contributed by atoms with Crippen molar-refractivity contribution >= 4 is 28.7 Å². The van der Waals surface area contributed by atoms with E-state index in [1.807, 2.05) is 32.5 Å². The fraction of sp³-hybridized carbons (Fsp3) is 0.343. The van der Waals surface area contributed by atoms with Crippen LogP contribution in [0.3, 0.4) is 0 Å². The van der Waals surface area contributed by atoms with Crippen molar-refractivity contribution < 1.29 is 19.1 Å². The van der Waals surface area contributed by atoms with Crippen LogP contribution in [-0.4, -0.2) is 41.8 Å². The molecule has 2 atom stereocenters. The number of ether oxygens (including phenoxy) is 2. The van der Waals surface area contributed by atoms with Crippen LogP contribution in [0.1, 0.15) is 49.8 Å². The van der Waals surface area contributed by atoms with Gasteiger partial charge in [0.25, 0.3) is 0 Å². The van der Waals surface area contributed by atoms with Gasteiger partial charge in [-0.2, -0.15) is 0 Å². The van der Waals surface area contributed by atoms with Gasteiger partial charge in [0.2, 0.25) is 0 Å². The molecule has 0 saturated carbocycles. The van der Waals surface area contributed by atoms with Crippen LogP contribution in [0, 0.1) is 0 Å². The normalized spacial score (nSPS) is 17.8. The number of benzene rings is 4. The third-order valence-corrected chi connectivity index (χ3v) is 8.22. The van der Waals surface area contributed by atoms with Gasteiger partial charge in [-0.05, 0) is 79.3 Å². The van der Waals surface area contributed by atoms with E-state index in [1.54, 1.807) is 5.06 Å². The number of aryl methyl sites for hydroxylation is 1. The van der Waals surface area contributed by atoms with Gasteiger partial charge in [-0.15, -0.1) is 16.8 Å². The number of rotatable bonds is 9. The molecule has 41 heavy (non-hydrogen) atoms. The molecule has 214 valence electrons. The molecule has 5 nitrogen and oxygen atoms in total. The third kappa shape index (κ3) is 8.59. The largest absolute Gasteiger partial charge is 0.528 e. The number of hydrogen-bond donors (Lipinski definition) is 0. The minimum absolute atomic E-state index is 0.142. The van der Waals surface area contributed by atoms with Gasteiger partial charge in [0.15, 0.2) is 0 Å². The lowest BCUT2D eigenvalue weighted by Gasteiger charge is -2.37. The van der Waals surface area contributed by atoms with Gasteiger partial charge in [-0.1, -0.05) is 78.9 Å². The minimum atomic E-state index is -0.679. The highest BCUT2D eigenvalue weighted by atomic mass is 32.2. The average Bonchev–Trinajstić information content (AvgIpc) is 2.96. The Morgan fingerprint density at radius 1 is 0.878 bits per heavy atom. The number of piperidine rings is 1. The summed E-state index contributed by atoms with van der Waals surface area (Å²) in [5.74, 6) is 1.24. The lowest BCUT2D eigenvalue weighted by Crippen LogP contribution is -2.45. The first-order valence-corrected chi connectivity index (χ1v) is 15.3. The van der Waals surface area contributed by atoms with Crippen LogP contribution in [0.4, 0.5) is 4.79 Å². The Hall–Kier alpha value is -3.32. The van der Waals surface area contributed by atoms with Gasteiger partial charge in [-0.25, -0.2) is 4.79 Å². The zero-order valence-electron chi connectivity index (χ0n) is 24.1. The quantitative estimate of drug-likeness (QED) is 0.149. The molecule has 5 rings (SSSR count). The summed E-state index contributed by atoms with van der Waals surface area (Å²) in [4.78, 5) is 19.3. The van der Waals surface area contributed by atoms with E-state index in [-0.39, 0.29) is 12.0 Å². The number of carbonyl (C=O) groups excluding carboxylic acids is 1. The molecule has 2 unspecified atom stereocenters. The number of carbonyl (C=O) groups is 1. The molecule has 0 bridgehead atoms. The Morgan fingerprint density at radius 3 is 2.34 bits per heavy atom. The van der Waals surface area contributed by atoms with Crippen molar-refractivity contribution in [2.45, 2.75) is 62.7 Å². The molecule has 1 aliphatic heterocycles. The zero-order chi connectivity index (χ0) is 28.7. The summed E-state index contributed by atoms with van der Waals surface area (Å²) >= 11 is 1.88.